The Balaban J connectivity index is 3.90. The third-order valence-electron chi connectivity index (χ3n) is 3.80. The van der Waals surface area contributed by atoms with Gasteiger partial charge in [-0.15, -0.1) is 0 Å². The lowest BCUT2D eigenvalue weighted by molar-refractivity contribution is 0.210. The van der Waals surface area contributed by atoms with Crippen molar-refractivity contribution in [1.82, 2.24) is 0 Å². The summed E-state index contributed by atoms with van der Waals surface area (Å²) in [5.41, 5.74) is 6.51. The molecule has 0 heterocycles. The molecule has 0 saturated heterocycles. The van der Waals surface area contributed by atoms with E-state index < -0.39 is 0 Å². The molecule has 0 aromatic carbocycles. The molecule has 92 valence electrons. The second kappa shape index (κ2) is 8.15. The molecule has 0 spiro atoms. The van der Waals surface area contributed by atoms with Crippen LogP contribution in [-0.2, 0) is 0 Å². The van der Waals surface area contributed by atoms with Crippen molar-refractivity contribution in [3.05, 3.63) is 0 Å². The summed E-state index contributed by atoms with van der Waals surface area (Å²) in [5.74, 6) is 0. The standard InChI is InChI=1S/C14H31N/c1-5-7-9-10-12-14(4,13(3)15)11-8-6-2/h13H,5-12,15H2,1-4H3/t13-,14?/m1/s1. The fourth-order valence-electron chi connectivity index (χ4n) is 2.12. The van der Waals surface area contributed by atoms with Crippen molar-refractivity contribution >= 4 is 0 Å². The summed E-state index contributed by atoms with van der Waals surface area (Å²) >= 11 is 0. The van der Waals surface area contributed by atoms with Crippen molar-refractivity contribution in [3.8, 4) is 0 Å². The number of nitrogens with two attached hydrogens (primary N) is 1. The minimum absolute atomic E-state index is 0.339. The first-order valence-electron chi connectivity index (χ1n) is 6.82. The Labute approximate surface area is 96.8 Å². The maximum absolute atomic E-state index is 6.13. The Kier molecular flexibility index (Phi) is 8.13. The largest absolute Gasteiger partial charge is 0.327 e. The molecular weight excluding hydrogens is 182 g/mol. The van der Waals surface area contributed by atoms with Gasteiger partial charge in [0, 0.05) is 6.04 Å². The summed E-state index contributed by atoms with van der Waals surface area (Å²) in [6.07, 6.45) is 10.7. The summed E-state index contributed by atoms with van der Waals surface area (Å²) in [5, 5.41) is 0. The summed E-state index contributed by atoms with van der Waals surface area (Å²) in [4.78, 5) is 0. The highest BCUT2D eigenvalue weighted by Crippen LogP contribution is 2.33. The summed E-state index contributed by atoms with van der Waals surface area (Å²) in [6.45, 7) is 9.08. The van der Waals surface area contributed by atoms with Crippen molar-refractivity contribution in [2.75, 3.05) is 0 Å². The van der Waals surface area contributed by atoms with Gasteiger partial charge in [0.2, 0.25) is 0 Å². The minimum atomic E-state index is 0.339. The zero-order valence-corrected chi connectivity index (χ0v) is 11.3. The van der Waals surface area contributed by atoms with E-state index in [-0.39, 0.29) is 0 Å². The summed E-state index contributed by atoms with van der Waals surface area (Å²) in [6, 6.07) is 0.339. The SMILES string of the molecule is CCCCCCC(C)(CCCC)[C@@H](C)N. The third kappa shape index (κ3) is 6.19. The van der Waals surface area contributed by atoms with E-state index in [1.165, 1.54) is 51.4 Å². The van der Waals surface area contributed by atoms with Gasteiger partial charge in [-0.1, -0.05) is 59.3 Å². The Hall–Kier alpha value is -0.0400. The highest BCUT2D eigenvalue weighted by Gasteiger charge is 2.27. The molecule has 1 heteroatoms. The maximum Gasteiger partial charge on any atom is 0.00643 e. The first-order valence-corrected chi connectivity index (χ1v) is 6.82. The smallest absolute Gasteiger partial charge is 0.00643 e. The summed E-state index contributed by atoms with van der Waals surface area (Å²) in [7, 11) is 0. The Morgan fingerprint density at radius 2 is 1.47 bits per heavy atom. The third-order valence-corrected chi connectivity index (χ3v) is 3.80. The zero-order chi connectivity index (χ0) is 11.7. The molecule has 2 N–H and O–H groups in total. The molecule has 0 rings (SSSR count). The molecule has 0 aromatic heterocycles. The minimum Gasteiger partial charge on any atom is -0.327 e. The number of hydrogen-bond acceptors (Lipinski definition) is 1. The van der Waals surface area contributed by atoms with E-state index in [9.17, 15) is 0 Å². The molecule has 0 amide bonds. The van der Waals surface area contributed by atoms with Crippen LogP contribution < -0.4 is 5.73 Å². The normalized spacial score (nSPS) is 17.4. The Morgan fingerprint density at radius 3 is 1.93 bits per heavy atom. The van der Waals surface area contributed by atoms with E-state index in [0.29, 0.717) is 11.5 Å². The van der Waals surface area contributed by atoms with E-state index in [1.54, 1.807) is 0 Å². The van der Waals surface area contributed by atoms with Crippen LogP contribution in [0.3, 0.4) is 0 Å². The second-order valence-corrected chi connectivity index (χ2v) is 5.36. The number of hydrogen-bond donors (Lipinski definition) is 1. The van der Waals surface area contributed by atoms with Crippen LogP contribution >= 0.6 is 0 Å². The van der Waals surface area contributed by atoms with E-state index in [0.717, 1.165) is 0 Å². The number of unbranched alkanes of at least 4 members (excludes halogenated alkanes) is 4. The fraction of sp³-hybridized carbons (Fsp3) is 1.00. The van der Waals surface area contributed by atoms with Crippen LogP contribution in [0.1, 0.15) is 79.1 Å². The average molecular weight is 213 g/mol. The predicted octanol–water partition coefficient (Wildman–Crippen LogP) is 4.50. The molecule has 1 nitrogen and oxygen atoms in total. The monoisotopic (exact) mass is 213 g/mol. The quantitative estimate of drug-likeness (QED) is 0.561. The van der Waals surface area contributed by atoms with Gasteiger partial charge in [0.25, 0.3) is 0 Å². The number of rotatable bonds is 9. The van der Waals surface area contributed by atoms with Gasteiger partial charge in [-0.25, -0.2) is 0 Å². The molecule has 0 aliphatic rings. The van der Waals surface area contributed by atoms with E-state index in [2.05, 4.69) is 27.7 Å². The van der Waals surface area contributed by atoms with Gasteiger partial charge >= 0.3 is 0 Å². The van der Waals surface area contributed by atoms with Gasteiger partial charge < -0.3 is 5.73 Å². The van der Waals surface area contributed by atoms with Gasteiger partial charge in [0.1, 0.15) is 0 Å². The molecule has 0 aliphatic carbocycles. The summed E-state index contributed by atoms with van der Waals surface area (Å²) < 4.78 is 0. The molecule has 0 aromatic rings. The molecule has 0 bridgehead atoms. The van der Waals surface area contributed by atoms with Crippen molar-refractivity contribution in [1.29, 1.82) is 0 Å². The molecule has 0 radical (unpaired) electrons. The molecule has 1 unspecified atom stereocenters. The zero-order valence-electron chi connectivity index (χ0n) is 11.3. The van der Waals surface area contributed by atoms with Crippen LogP contribution in [0.4, 0.5) is 0 Å². The predicted molar refractivity (Wildman–Crippen MR) is 70.0 cm³/mol. The molecular formula is C14H31N. The van der Waals surface area contributed by atoms with Gasteiger partial charge in [-0.2, -0.15) is 0 Å². The van der Waals surface area contributed by atoms with Crippen LogP contribution in [0.5, 0.6) is 0 Å². The van der Waals surface area contributed by atoms with Crippen LogP contribution in [0.25, 0.3) is 0 Å². The van der Waals surface area contributed by atoms with E-state index in [4.69, 9.17) is 5.73 Å². The lowest BCUT2D eigenvalue weighted by Crippen LogP contribution is -2.37. The molecule has 0 aliphatic heterocycles. The fourth-order valence-corrected chi connectivity index (χ4v) is 2.12. The topological polar surface area (TPSA) is 26.0 Å². The van der Waals surface area contributed by atoms with Crippen LogP contribution in [0.2, 0.25) is 0 Å². The second-order valence-electron chi connectivity index (χ2n) is 5.36. The molecule has 15 heavy (non-hydrogen) atoms. The Morgan fingerprint density at radius 1 is 0.933 bits per heavy atom. The first kappa shape index (κ1) is 15.0. The van der Waals surface area contributed by atoms with Crippen LogP contribution in [0, 0.1) is 5.41 Å². The average Bonchev–Trinajstić information content (AvgIpc) is 2.21. The van der Waals surface area contributed by atoms with E-state index >= 15 is 0 Å². The Bertz CT molecular complexity index is 142. The van der Waals surface area contributed by atoms with Crippen LogP contribution in [0.15, 0.2) is 0 Å². The van der Waals surface area contributed by atoms with Crippen molar-refractivity contribution in [3.63, 3.8) is 0 Å². The lowest BCUT2D eigenvalue weighted by atomic mass is 9.75. The highest BCUT2D eigenvalue weighted by atomic mass is 14.7. The first-order chi connectivity index (χ1) is 7.06. The van der Waals surface area contributed by atoms with Gasteiger partial charge in [-0.3, -0.25) is 0 Å². The van der Waals surface area contributed by atoms with Gasteiger partial charge in [0.05, 0.1) is 0 Å². The van der Waals surface area contributed by atoms with Crippen LogP contribution in [-0.4, -0.2) is 6.04 Å². The van der Waals surface area contributed by atoms with Crippen molar-refractivity contribution < 1.29 is 0 Å². The molecule has 2 atom stereocenters. The maximum atomic E-state index is 6.13. The van der Waals surface area contributed by atoms with Crippen molar-refractivity contribution in [2.45, 2.75) is 85.1 Å². The van der Waals surface area contributed by atoms with Crippen molar-refractivity contribution in [2.24, 2.45) is 11.1 Å². The molecule has 0 saturated carbocycles. The highest BCUT2D eigenvalue weighted by molar-refractivity contribution is 4.82. The lowest BCUT2D eigenvalue weighted by Gasteiger charge is -2.34. The van der Waals surface area contributed by atoms with Gasteiger partial charge in [-0.05, 0) is 25.2 Å². The van der Waals surface area contributed by atoms with E-state index in [1.807, 2.05) is 0 Å². The molecule has 0 fully saturated rings. The van der Waals surface area contributed by atoms with Gasteiger partial charge in [0.15, 0.2) is 0 Å².